The molecule has 7 rings (SSSR count). The van der Waals surface area contributed by atoms with Crippen LogP contribution in [0.2, 0.25) is 0 Å². The van der Waals surface area contributed by atoms with Crippen LogP contribution in [-0.4, -0.2) is 101 Å². The van der Waals surface area contributed by atoms with Gasteiger partial charge in [-0.1, -0.05) is 12.2 Å². The number of thiophene rings is 1. The Morgan fingerprint density at radius 2 is 1.91 bits per heavy atom. The van der Waals surface area contributed by atoms with Crippen LogP contribution in [0.15, 0.2) is 35.0 Å². The van der Waals surface area contributed by atoms with Gasteiger partial charge in [0, 0.05) is 50.3 Å². The molecule has 4 aliphatic rings. The Hall–Kier alpha value is -4.30. The van der Waals surface area contributed by atoms with Crippen molar-refractivity contribution in [3.05, 3.63) is 40.7 Å². The number of methoxy groups -OCH3 is 1. The van der Waals surface area contributed by atoms with Crippen molar-refractivity contribution in [2.75, 3.05) is 27.2 Å². The van der Waals surface area contributed by atoms with E-state index in [4.69, 9.17) is 9.47 Å². The number of piperidine rings is 1. The summed E-state index contributed by atoms with van der Waals surface area (Å²) in [6.45, 7) is 2.11. The maximum absolute atomic E-state index is 14.3. The molecular formula is C35H40F3N7O7S3. The number of amides is 4. The Morgan fingerprint density at radius 3 is 2.62 bits per heavy atom. The largest absolute Gasteiger partial charge is 0.495 e. The zero-order valence-electron chi connectivity index (χ0n) is 30.2. The van der Waals surface area contributed by atoms with Crippen LogP contribution in [0.4, 0.5) is 18.0 Å². The highest BCUT2D eigenvalue weighted by Crippen LogP contribution is 2.47. The Morgan fingerprint density at radius 1 is 1.13 bits per heavy atom. The lowest BCUT2D eigenvalue weighted by Crippen LogP contribution is -2.61. The molecule has 2 saturated carbocycles. The van der Waals surface area contributed by atoms with Gasteiger partial charge in [-0.05, 0) is 56.9 Å². The maximum Gasteiger partial charge on any atom is 0.434 e. The normalized spacial score (nSPS) is 25.6. The first-order valence-electron chi connectivity index (χ1n) is 17.8. The van der Waals surface area contributed by atoms with Gasteiger partial charge in [-0.2, -0.15) is 18.2 Å². The third-order valence-electron chi connectivity index (χ3n) is 10.6. The van der Waals surface area contributed by atoms with Gasteiger partial charge < -0.3 is 24.6 Å². The Bertz CT molecular complexity index is 2120. The van der Waals surface area contributed by atoms with Crippen molar-refractivity contribution in [3.63, 3.8) is 0 Å². The number of ether oxygens (including phenoxy) is 2. The molecule has 3 aromatic rings. The van der Waals surface area contributed by atoms with Gasteiger partial charge in [0.05, 0.1) is 22.4 Å². The van der Waals surface area contributed by atoms with E-state index in [9.17, 15) is 36.0 Å². The van der Waals surface area contributed by atoms with Crippen molar-refractivity contribution in [3.8, 4) is 33.0 Å². The third-order valence-corrected chi connectivity index (χ3v) is 14.5. The molecule has 55 heavy (non-hydrogen) atoms. The van der Waals surface area contributed by atoms with Crippen LogP contribution in [0.1, 0.15) is 64.0 Å². The summed E-state index contributed by atoms with van der Waals surface area (Å²) in [5.74, 6) is -1.56. The lowest BCUT2D eigenvalue weighted by Gasteiger charge is -2.40. The number of rotatable bonds is 8. The minimum atomic E-state index is -4.67. The second kappa shape index (κ2) is 14.6. The molecule has 4 amide bonds. The van der Waals surface area contributed by atoms with Gasteiger partial charge in [-0.3, -0.25) is 14.3 Å². The smallest absolute Gasteiger partial charge is 0.434 e. The summed E-state index contributed by atoms with van der Waals surface area (Å²) in [5, 5.41) is 5.41. The van der Waals surface area contributed by atoms with Crippen LogP contribution in [0.3, 0.4) is 0 Å². The van der Waals surface area contributed by atoms with Gasteiger partial charge in [0.1, 0.15) is 23.4 Å². The number of aromatic nitrogens is 3. The molecule has 296 valence electrons. The van der Waals surface area contributed by atoms with E-state index >= 15 is 0 Å². The highest BCUT2D eigenvalue weighted by atomic mass is 32.2. The van der Waals surface area contributed by atoms with Gasteiger partial charge in [0.15, 0.2) is 16.5 Å². The van der Waals surface area contributed by atoms with Crippen LogP contribution in [-0.2, 0) is 25.8 Å². The molecule has 0 aromatic carbocycles. The predicted octanol–water partition coefficient (Wildman–Crippen LogP) is 5.23. The van der Waals surface area contributed by atoms with Crippen molar-refractivity contribution < 1.29 is 45.4 Å². The number of nitrogens with one attached hydrogen (secondary N) is 2. The van der Waals surface area contributed by atoms with Gasteiger partial charge in [-0.25, -0.2) is 23.2 Å². The first-order valence-corrected chi connectivity index (χ1v) is 21.1. The quantitative estimate of drug-likeness (QED) is 0.287. The number of hydrogen-bond acceptors (Lipinski definition) is 12. The molecule has 0 spiro atoms. The van der Waals surface area contributed by atoms with Gasteiger partial charge in [-0.15, -0.1) is 22.7 Å². The number of carbonyl (C=O) groups is 3. The number of urea groups is 1. The summed E-state index contributed by atoms with van der Waals surface area (Å²) in [6.07, 6.45) is 1.77. The minimum Gasteiger partial charge on any atom is -0.495 e. The zero-order valence-corrected chi connectivity index (χ0v) is 32.7. The molecule has 14 nitrogen and oxygen atoms in total. The number of nitrogens with zero attached hydrogens (tertiary/aromatic N) is 5. The maximum atomic E-state index is 14.3. The fourth-order valence-electron chi connectivity index (χ4n) is 6.79. The molecule has 5 heterocycles. The molecule has 4 atom stereocenters. The van der Waals surface area contributed by atoms with Gasteiger partial charge in [0.2, 0.25) is 21.8 Å². The second-order valence-electron chi connectivity index (χ2n) is 14.5. The lowest BCUT2D eigenvalue weighted by molar-refractivity contribution is -0.140. The topological polar surface area (TPSA) is 173 Å². The number of alkyl halides is 3. The molecule has 2 N–H and O–H groups in total. The third kappa shape index (κ3) is 7.89. The minimum absolute atomic E-state index is 0.00410. The average molecular weight is 824 g/mol. The number of carbonyl (C=O) groups excluding carboxylic acids is 3. The lowest BCUT2D eigenvalue weighted by atomic mass is 9.97. The summed E-state index contributed by atoms with van der Waals surface area (Å²) >= 11 is 2.02. The van der Waals surface area contributed by atoms with Crippen LogP contribution >= 0.6 is 22.7 Å². The molecule has 0 unspecified atom stereocenters. The number of sulfonamides is 1. The van der Waals surface area contributed by atoms with E-state index in [1.54, 1.807) is 30.3 Å². The molecule has 0 radical (unpaired) electrons. The van der Waals surface area contributed by atoms with Crippen LogP contribution in [0.5, 0.6) is 11.6 Å². The van der Waals surface area contributed by atoms with Crippen molar-refractivity contribution in [2.24, 2.45) is 5.92 Å². The highest BCUT2D eigenvalue weighted by molar-refractivity contribution is 7.91. The molecule has 3 aromatic heterocycles. The number of fused-ring (bicyclic) bond motifs is 2. The van der Waals surface area contributed by atoms with E-state index in [-0.39, 0.29) is 48.6 Å². The van der Waals surface area contributed by atoms with Gasteiger partial charge >= 0.3 is 12.2 Å². The van der Waals surface area contributed by atoms with Crippen molar-refractivity contribution in [1.82, 2.24) is 34.8 Å². The van der Waals surface area contributed by atoms with E-state index in [0.29, 0.717) is 48.5 Å². The SMILES string of the molecule is COc1ccsc1-c1cc(O[C@H]2CCN3C(=O)N(C)CCCCC=C[C@@H]4C[C@@]4(C(=O)NS(=O)(=O)C4(C)CC4)NC(=O)[C@@H]3C2)nc(-c2nc(C(F)(F)F)cs2)n1. The molecular weight excluding hydrogens is 784 g/mol. The Labute approximate surface area is 323 Å². The fraction of sp³-hybridized carbons (Fsp3) is 0.543. The molecule has 20 heteroatoms. The first-order chi connectivity index (χ1) is 26.0. The summed E-state index contributed by atoms with van der Waals surface area (Å²) < 4.78 is 79.6. The van der Waals surface area contributed by atoms with E-state index in [2.05, 4.69) is 25.0 Å². The number of thiazole rings is 1. The Kier molecular flexibility index (Phi) is 10.4. The van der Waals surface area contributed by atoms with E-state index in [0.717, 1.165) is 23.1 Å². The molecule has 2 aliphatic carbocycles. The average Bonchev–Trinajstić information content (AvgIpc) is 3.87. The number of allylic oxidation sites excluding steroid dienone is 1. The summed E-state index contributed by atoms with van der Waals surface area (Å²) in [4.78, 5) is 58.1. The van der Waals surface area contributed by atoms with Crippen molar-refractivity contribution in [1.29, 1.82) is 0 Å². The summed E-state index contributed by atoms with van der Waals surface area (Å²) in [5.41, 5.74) is -2.31. The second-order valence-corrected chi connectivity index (χ2v) is 18.5. The number of hydrogen-bond donors (Lipinski definition) is 2. The van der Waals surface area contributed by atoms with Gasteiger partial charge in [0.25, 0.3) is 5.91 Å². The standard InChI is InChI=1S/C35H40F3N7O7S3/c1-33(11-12-33)55(49,50)43-31(47)34-18-20(34)8-6-4-5-7-13-44(2)32(48)45-14-9-21(16-23(45)29(46)42-34)52-26-17-22(27-24(51-3)10-15-53-27)39-28(41-26)30-40-25(19-54-30)35(36,37)38/h6,8,10,15,17,19-21,23H,4-5,7,9,11-14,16,18H2,1-3H3,(H,42,46)(H,43,47)/t20-,21+,23+,34-/m1/s1. The van der Waals surface area contributed by atoms with E-state index < -0.39 is 62.1 Å². The predicted molar refractivity (Wildman–Crippen MR) is 197 cm³/mol. The first kappa shape index (κ1) is 39.0. The summed E-state index contributed by atoms with van der Waals surface area (Å²) in [6, 6.07) is 1.73. The van der Waals surface area contributed by atoms with Crippen LogP contribution in [0.25, 0.3) is 21.4 Å². The zero-order chi connectivity index (χ0) is 39.3. The van der Waals surface area contributed by atoms with Crippen LogP contribution in [0, 0.1) is 5.92 Å². The molecule has 2 aliphatic heterocycles. The Balaban J connectivity index is 1.19. The fourth-order valence-corrected chi connectivity index (χ4v) is 9.68. The monoisotopic (exact) mass is 823 g/mol. The highest BCUT2D eigenvalue weighted by Gasteiger charge is 2.63. The molecule has 0 bridgehead atoms. The molecule has 3 fully saturated rings. The van der Waals surface area contributed by atoms with Crippen molar-refractivity contribution in [2.45, 2.75) is 86.9 Å². The molecule has 1 saturated heterocycles. The van der Waals surface area contributed by atoms with Crippen molar-refractivity contribution >= 4 is 50.5 Å². The summed E-state index contributed by atoms with van der Waals surface area (Å²) in [7, 11) is -0.874. The van der Waals surface area contributed by atoms with E-state index in [1.807, 2.05) is 12.2 Å². The van der Waals surface area contributed by atoms with Crippen LogP contribution < -0.4 is 19.5 Å². The van der Waals surface area contributed by atoms with E-state index in [1.165, 1.54) is 29.4 Å². The number of halogens is 3.